The van der Waals surface area contributed by atoms with Crippen molar-refractivity contribution in [3.8, 4) is 11.1 Å². The van der Waals surface area contributed by atoms with Gasteiger partial charge in [-0.25, -0.2) is 22.2 Å². The zero-order valence-electron chi connectivity index (χ0n) is 18.5. The van der Waals surface area contributed by atoms with Gasteiger partial charge in [-0.1, -0.05) is 0 Å². The first-order valence-corrected chi connectivity index (χ1v) is 12.0. The van der Waals surface area contributed by atoms with E-state index in [0.29, 0.717) is 22.7 Å². The second-order valence-corrected chi connectivity index (χ2v) is 9.75. The number of rotatable bonds is 7. The number of ketones is 1. The number of sulfonamides is 1. The Kier molecular flexibility index (Phi) is 6.52. The van der Waals surface area contributed by atoms with E-state index in [1.54, 1.807) is 30.7 Å². The number of nitrogens with zero attached hydrogens (tertiary/aromatic N) is 2. The molecule has 188 valence electrons. The van der Waals surface area contributed by atoms with Crippen LogP contribution < -0.4 is 4.72 Å². The summed E-state index contributed by atoms with van der Waals surface area (Å²) in [5.74, 6) is -5.31. The molecular formula is C23H17F5N4O3S. The topological polar surface area (TPSA) is 105 Å². The first-order chi connectivity index (χ1) is 16.9. The first kappa shape index (κ1) is 25.2. The number of benzene rings is 1. The van der Waals surface area contributed by atoms with E-state index in [4.69, 9.17) is 0 Å². The van der Waals surface area contributed by atoms with Crippen LogP contribution in [0.3, 0.4) is 0 Å². The number of carbonyl (C=O) groups is 1. The van der Waals surface area contributed by atoms with Crippen LogP contribution in [0.15, 0.2) is 49.1 Å². The number of anilines is 1. The number of aromatic amines is 1. The van der Waals surface area contributed by atoms with E-state index in [2.05, 4.69) is 15.0 Å². The van der Waals surface area contributed by atoms with Gasteiger partial charge in [0.25, 0.3) is 0 Å². The van der Waals surface area contributed by atoms with Gasteiger partial charge in [0.15, 0.2) is 11.6 Å². The lowest BCUT2D eigenvalue weighted by Crippen LogP contribution is -2.23. The van der Waals surface area contributed by atoms with Crippen LogP contribution in [-0.2, 0) is 10.0 Å². The fourth-order valence-corrected chi connectivity index (χ4v) is 4.66. The third kappa shape index (κ3) is 5.20. The number of nitrogens with one attached hydrogen (secondary N) is 2. The van der Waals surface area contributed by atoms with E-state index in [9.17, 15) is 30.8 Å². The second-order valence-electron chi connectivity index (χ2n) is 7.91. The van der Waals surface area contributed by atoms with Gasteiger partial charge in [0, 0.05) is 41.3 Å². The highest BCUT2D eigenvalue weighted by atomic mass is 32.2. The van der Waals surface area contributed by atoms with Crippen LogP contribution in [0.25, 0.3) is 22.2 Å². The van der Waals surface area contributed by atoms with Crippen LogP contribution in [0.5, 0.6) is 0 Å². The van der Waals surface area contributed by atoms with Crippen molar-refractivity contribution >= 4 is 32.5 Å². The molecular weight excluding hydrogens is 507 g/mol. The average Bonchev–Trinajstić information content (AvgIpc) is 3.23. The van der Waals surface area contributed by atoms with Crippen molar-refractivity contribution in [2.75, 3.05) is 10.5 Å². The molecule has 0 bridgehead atoms. The largest absolute Gasteiger partial charge is 0.390 e. The van der Waals surface area contributed by atoms with E-state index in [0.717, 1.165) is 17.2 Å². The second kappa shape index (κ2) is 9.30. The van der Waals surface area contributed by atoms with Gasteiger partial charge >= 0.3 is 6.18 Å². The van der Waals surface area contributed by atoms with E-state index in [1.807, 2.05) is 6.92 Å². The normalized spacial score (nSPS) is 12.2. The van der Waals surface area contributed by atoms with Crippen molar-refractivity contribution in [1.82, 2.24) is 15.0 Å². The summed E-state index contributed by atoms with van der Waals surface area (Å²) in [4.78, 5) is 24.3. The lowest BCUT2D eigenvalue weighted by molar-refractivity contribution is -0.129. The number of aromatic nitrogens is 3. The zero-order chi connectivity index (χ0) is 26.3. The van der Waals surface area contributed by atoms with Gasteiger partial charge in [-0.3, -0.25) is 14.5 Å². The number of alkyl halides is 3. The van der Waals surface area contributed by atoms with Gasteiger partial charge in [0.05, 0.1) is 17.7 Å². The Bertz CT molecular complexity index is 1580. The Labute approximate surface area is 201 Å². The number of H-pyrrole nitrogens is 1. The molecule has 3 aromatic heterocycles. The van der Waals surface area contributed by atoms with Gasteiger partial charge in [0.2, 0.25) is 10.0 Å². The molecule has 0 fully saturated rings. The van der Waals surface area contributed by atoms with E-state index >= 15 is 4.39 Å². The summed E-state index contributed by atoms with van der Waals surface area (Å²) in [5.41, 5.74) is 0.641. The molecule has 0 saturated heterocycles. The van der Waals surface area contributed by atoms with Crippen LogP contribution in [-0.4, -0.2) is 41.1 Å². The number of fused-ring (bicyclic) bond motifs is 1. The first-order valence-electron chi connectivity index (χ1n) is 10.3. The smallest absolute Gasteiger partial charge is 0.345 e. The van der Waals surface area contributed by atoms with E-state index in [1.165, 1.54) is 10.9 Å². The predicted octanol–water partition coefficient (Wildman–Crippen LogP) is 5.14. The summed E-state index contributed by atoms with van der Waals surface area (Å²) >= 11 is 0. The highest BCUT2D eigenvalue weighted by Crippen LogP contribution is 2.30. The highest BCUT2D eigenvalue weighted by Gasteiger charge is 2.31. The molecule has 0 aliphatic rings. The molecule has 13 heteroatoms. The number of aryl methyl sites for hydroxylation is 1. The highest BCUT2D eigenvalue weighted by molar-refractivity contribution is 7.92. The molecule has 0 aliphatic carbocycles. The minimum Gasteiger partial charge on any atom is -0.345 e. The van der Waals surface area contributed by atoms with Crippen molar-refractivity contribution < 1.29 is 35.2 Å². The predicted molar refractivity (Wildman–Crippen MR) is 122 cm³/mol. The molecule has 0 saturated carbocycles. The number of pyridine rings is 2. The maximum absolute atomic E-state index is 15.1. The van der Waals surface area contributed by atoms with Crippen LogP contribution in [0.2, 0.25) is 0 Å². The third-order valence-electron chi connectivity index (χ3n) is 5.35. The fraction of sp³-hybridized carbons (Fsp3) is 0.174. The van der Waals surface area contributed by atoms with Gasteiger partial charge in [0.1, 0.15) is 17.2 Å². The van der Waals surface area contributed by atoms with Crippen LogP contribution in [0.4, 0.5) is 27.6 Å². The van der Waals surface area contributed by atoms with E-state index in [-0.39, 0.29) is 5.56 Å². The zero-order valence-corrected chi connectivity index (χ0v) is 19.3. The number of hydrogen-bond acceptors (Lipinski definition) is 5. The minimum absolute atomic E-state index is 0.0255. The molecule has 0 unspecified atom stereocenters. The lowest BCUT2D eigenvalue weighted by atomic mass is 9.99. The Balaban J connectivity index is 1.72. The van der Waals surface area contributed by atoms with Crippen molar-refractivity contribution in [2.45, 2.75) is 19.5 Å². The fourth-order valence-electron chi connectivity index (χ4n) is 3.56. The van der Waals surface area contributed by atoms with Crippen LogP contribution in [0.1, 0.15) is 27.9 Å². The maximum atomic E-state index is 15.1. The van der Waals surface area contributed by atoms with Gasteiger partial charge in [-0.2, -0.15) is 13.2 Å². The summed E-state index contributed by atoms with van der Waals surface area (Å²) in [6.45, 7) is 1.83. The molecule has 3 heterocycles. The summed E-state index contributed by atoms with van der Waals surface area (Å²) < 4.78 is 92.1. The maximum Gasteiger partial charge on any atom is 0.390 e. The van der Waals surface area contributed by atoms with Crippen LogP contribution >= 0.6 is 0 Å². The quantitative estimate of drug-likeness (QED) is 0.258. The molecule has 2 N–H and O–H groups in total. The van der Waals surface area contributed by atoms with E-state index < -0.39 is 57.0 Å². The van der Waals surface area contributed by atoms with Gasteiger partial charge in [-0.15, -0.1) is 0 Å². The van der Waals surface area contributed by atoms with Crippen molar-refractivity contribution in [3.05, 3.63) is 77.4 Å². The standard InChI is InChI=1S/C23H17F5N4O3S/c1-12-9-29-6-4-14(12)13-8-16-17(11-31-22(16)30-10-13)21(33)15-2-3-18(24)20(19(15)25)32-36(34,35)7-5-23(26,27)28/h2-4,6,8-11,32H,5,7H2,1H3,(H,30,31). The molecule has 4 aromatic rings. The molecule has 1 aromatic carbocycles. The molecule has 0 radical (unpaired) electrons. The number of hydrogen-bond donors (Lipinski definition) is 2. The van der Waals surface area contributed by atoms with Crippen molar-refractivity contribution in [3.63, 3.8) is 0 Å². The summed E-state index contributed by atoms with van der Waals surface area (Å²) in [5, 5.41) is 0.324. The Morgan fingerprint density at radius 3 is 2.56 bits per heavy atom. The molecule has 0 aliphatic heterocycles. The Hall–Kier alpha value is -3.87. The van der Waals surface area contributed by atoms with Crippen molar-refractivity contribution in [2.24, 2.45) is 0 Å². The number of carbonyl (C=O) groups excluding carboxylic acids is 1. The van der Waals surface area contributed by atoms with Gasteiger partial charge < -0.3 is 4.98 Å². The third-order valence-corrected chi connectivity index (χ3v) is 6.61. The molecule has 0 atom stereocenters. The SMILES string of the molecule is Cc1cnccc1-c1cnc2[nH]cc(C(=O)c3ccc(F)c(NS(=O)(=O)CCC(F)(F)F)c3F)c2c1. The monoisotopic (exact) mass is 524 g/mol. The van der Waals surface area contributed by atoms with Crippen molar-refractivity contribution in [1.29, 1.82) is 0 Å². The minimum atomic E-state index is -4.79. The molecule has 0 spiro atoms. The Morgan fingerprint density at radius 1 is 1.11 bits per heavy atom. The summed E-state index contributed by atoms with van der Waals surface area (Å²) in [6, 6.07) is 4.88. The average molecular weight is 524 g/mol. The van der Waals surface area contributed by atoms with Gasteiger partial charge in [-0.05, 0) is 42.3 Å². The molecule has 0 amide bonds. The summed E-state index contributed by atoms with van der Waals surface area (Å²) in [6.07, 6.45) is -0.428. The van der Waals surface area contributed by atoms with Crippen LogP contribution in [0, 0.1) is 18.6 Å². The number of halogens is 5. The summed E-state index contributed by atoms with van der Waals surface area (Å²) in [7, 11) is -4.77. The molecule has 4 rings (SSSR count). The Morgan fingerprint density at radius 2 is 1.86 bits per heavy atom. The molecule has 7 nitrogen and oxygen atoms in total. The lowest BCUT2D eigenvalue weighted by Gasteiger charge is -2.13. The molecule has 36 heavy (non-hydrogen) atoms.